The van der Waals surface area contributed by atoms with Crippen LogP contribution in [0.5, 0.6) is 5.75 Å². The zero-order valence-corrected chi connectivity index (χ0v) is 44.9. The lowest BCUT2D eigenvalue weighted by atomic mass is 9.49. The number of nitrogens with one attached hydrogen (secondary N) is 1. The van der Waals surface area contributed by atoms with Crippen molar-refractivity contribution in [2.24, 2.45) is 16.3 Å². The Morgan fingerprint density at radius 3 is 2.26 bits per heavy atom. The molecule has 8 heterocycles. The molecule has 17 nitrogen and oxygen atoms in total. The molecule has 5 aliphatic heterocycles. The number of aliphatic hydroxyl groups excluding tert-OH is 1. The maximum atomic E-state index is 14.7. The number of nitrogens with zero attached hydrogens (tertiary/aromatic N) is 10. The van der Waals surface area contributed by atoms with E-state index < -0.39 is 23.8 Å². The van der Waals surface area contributed by atoms with Gasteiger partial charge in [-0.15, -0.1) is 10.2 Å². The van der Waals surface area contributed by atoms with Crippen LogP contribution in [0.3, 0.4) is 0 Å². The summed E-state index contributed by atoms with van der Waals surface area (Å²) in [6, 6.07) is 23.6. The highest BCUT2D eigenvalue weighted by Gasteiger charge is 2.56. The molecule has 1 spiro atoms. The molecule has 5 N–H and O–H groups in total. The number of benzene rings is 3. The summed E-state index contributed by atoms with van der Waals surface area (Å²) in [6.07, 6.45) is 12.2. The number of β-amino-alcohol motifs (C(OH)–C–C–N with tert-alkyl or cyclic N) is 1. The highest BCUT2D eigenvalue weighted by atomic mass is 35.5. The van der Waals surface area contributed by atoms with Crippen LogP contribution in [-0.4, -0.2) is 120 Å². The van der Waals surface area contributed by atoms with Gasteiger partial charge in [-0.25, -0.2) is 29.7 Å². The van der Waals surface area contributed by atoms with Crippen molar-refractivity contribution in [2.45, 2.75) is 132 Å². The molecule has 4 saturated heterocycles. The van der Waals surface area contributed by atoms with E-state index in [0.29, 0.717) is 51.2 Å². The molecular weight excluding hydrogens is 1010 g/mol. The number of aromatic nitrogens is 5. The number of amides is 1. The summed E-state index contributed by atoms with van der Waals surface area (Å²) in [5.74, 6) is 1.35. The zero-order chi connectivity index (χ0) is 53.6. The first-order valence-electron chi connectivity index (χ1n) is 27.7. The van der Waals surface area contributed by atoms with Gasteiger partial charge in [-0.3, -0.25) is 4.79 Å². The third-order valence-corrected chi connectivity index (χ3v) is 18.7. The van der Waals surface area contributed by atoms with Crippen molar-refractivity contribution in [2.75, 3.05) is 48.3 Å². The fraction of sp³-hybridized carbons (Fsp3) is 0.475. The number of nitrogen functional groups attached to an aromatic ring is 1. The second-order valence-electron chi connectivity index (χ2n) is 23.6. The molecule has 7 aliphatic rings. The summed E-state index contributed by atoms with van der Waals surface area (Å²) in [7, 11) is 0. The van der Waals surface area contributed by atoms with Gasteiger partial charge in [0.1, 0.15) is 34.0 Å². The van der Waals surface area contributed by atoms with E-state index >= 15 is 0 Å². The van der Waals surface area contributed by atoms with Crippen LogP contribution in [0.2, 0.25) is 5.02 Å². The van der Waals surface area contributed by atoms with Gasteiger partial charge in [0.05, 0.1) is 23.5 Å². The largest absolute Gasteiger partial charge is 0.507 e. The van der Waals surface area contributed by atoms with Crippen molar-refractivity contribution in [3.63, 3.8) is 0 Å². The van der Waals surface area contributed by atoms with Crippen LogP contribution in [0, 0.1) is 17.2 Å². The number of halogens is 2. The average molecular weight is 1080 g/mol. The number of rotatable bonds is 12. The van der Waals surface area contributed by atoms with E-state index in [1.165, 1.54) is 11.6 Å². The van der Waals surface area contributed by atoms with Gasteiger partial charge in [-0.05, 0) is 124 Å². The lowest BCUT2D eigenvalue weighted by molar-refractivity contribution is -0.134. The molecule has 6 atom stereocenters. The van der Waals surface area contributed by atoms with Crippen LogP contribution in [0.15, 0.2) is 101 Å². The van der Waals surface area contributed by atoms with E-state index in [4.69, 9.17) is 41.7 Å². The number of hydrogen-bond acceptors (Lipinski definition) is 16. The van der Waals surface area contributed by atoms with E-state index in [9.17, 15) is 19.4 Å². The summed E-state index contributed by atoms with van der Waals surface area (Å²) >= 11 is 7.18. The van der Waals surface area contributed by atoms with Gasteiger partial charge in [0.25, 0.3) is 0 Å². The highest BCUT2D eigenvalue weighted by Crippen LogP contribution is 2.64. The van der Waals surface area contributed by atoms with Crippen molar-refractivity contribution in [1.29, 1.82) is 0 Å². The molecule has 2 unspecified atom stereocenters. The number of anilines is 3. The number of carbonyl (C=O) groups excluding carboxylic acids is 1. The minimum atomic E-state index is -1.12. The van der Waals surface area contributed by atoms with E-state index in [0.717, 1.165) is 106 Å². The number of aliphatic imine (C=N–C) groups is 1. The van der Waals surface area contributed by atoms with Gasteiger partial charge in [0.2, 0.25) is 17.6 Å². The number of piperidine rings is 1. The summed E-state index contributed by atoms with van der Waals surface area (Å²) in [5.41, 5.74) is 14.5. The molecule has 406 valence electrons. The second-order valence-corrected chi connectivity index (χ2v) is 24.0. The van der Waals surface area contributed by atoms with Gasteiger partial charge in [-0.2, -0.15) is 0 Å². The Morgan fingerprint density at radius 2 is 1.56 bits per heavy atom. The predicted octanol–water partition coefficient (Wildman–Crippen LogP) is 8.94. The molecule has 3 aromatic heterocycles. The molecule has 0 radical (unpaired) electrons. The molecule has 6 fully saturated rings. The summed E-state index contributed by atoms with van der Waals surface area (Å²) in [6.45, 7) is 9.57. The Morgan fingerprint density at radius 1 is 0.872 bits per heavy atom. The van der Waals surface area contributed by atoms with Crippen LogP contribution in [0.1, 0.15) is 119 Å². The van der Waals surface area contributed by atoms with Gasteiger partial charge in [0, 0.05) is 79.2 Å². The Labute approximate surface area is 458 Å². The number of para-hydroxylation sites is 1. The van der Waals surface area contributed by atoms with Crippen molar-refractivity contribution in [3.8, 4) is 28.1 Å². The van der Waals surface area contributed by atoms with E-state index in [1.807, 2.05) is 63.2 Å². The Kier molecular flexibility index (Phi) is 12.9. The standard InChI is InChI=1S/C59H66ClFN12O5/c1-33(2)50(56(76)72-32-42(74)22-48(72)55-65-58(3,78-69-55)38-14-12-35(13-15-38)43-8-4-6-10-45(43)61)53-51(60)52(68-77-53)36-24-59(25-36)26-41(27-59)70-20-18-34(19-21-70)37-28-63-57(64-29-37)73-39-16-17-40(73)31-71(30-39)47-23-46(66-67-54(47)62)44-9-5-7-11-49(44)75/h4-15,23,28-29,33-34,36,39-42,48,50,74-75H,16-22,24-27,30-32H2,1-3H3,(H2,62,67)(H,65,69)/t36?,39?,40?,41?,42-,48+,50-,58+,59?/m1/s1. The molecule has 1 amide bonds. The summed E-state index contributed by atoms with van der Waals surface area (Å²) in [4.78, 5) is 44.7. The number of fused-ring (bicyclic) bond motifs is 2. The number of phenols is 1. The number of carbonyl (C=O) groups is 1. The van der Waals surface area contributed by atoms with E-state index in [1.54, 1.807) is 35.2 Å². The van der Waals surface area contributed by atoms with Crippen molar-refractivity contribution < 1.29 is 28.8 Å². The summed E-state index contributed by atoms with van der Waals surface area (Å²) < 4.78 is 20.6. The van der Waals surface area contributed by atoms with Crippen LogP contribution >= 0.6 is 11.6 Å². The number of nitrogens with two attached hydrogens (primary N) is 1. The van der Waals surface area contributed by atoms with Gasteiger partial charge < -0.3 is 40.1 Å². The lowest BCUT2D eigenvalue weighted by Gasteiger charge is -2.60. The molecule has 6 aromatic rings. The number of phenolic OH excluding ortho intramolecular Hbond substituents is 1. The lowest BCUT2D eigenvalue weighted by Crippen LogP contribution is -2.57. The molecule has 78 heavy (non-hydrogen) atoms. The second kappa shape index (κ2) is 19.9. The monoisotopic (exact) mass is 1080 g/mol. The van der Waals surface area contributed by atoms with Gasteiger partial charge in [-0.1, -0.05) is 85.2 Å². The molecule has 13 rings (SSSR count). The third kappa shape index (κ3) is 9.01. The molecular formula is C59H66ClFN12O5. The average Bonchev–Trinajstić information content (AvgIpc) is 4.31. The fourth-order valence-electron chi connectivity index (χ4n) is 14.2. The topological polar surface area (TPSA) is 208 Å². The molecule has 2 bridgehead atoms. The minimum absolute atomic E-state index is 0.127. The van der Waals surface area contributed by atoms with Gasteiger partial charge >= 0.3 is 0 Å². The Bertz CT molecular complexity index is 3240. The van der Waals surface area contributed by atoms with E-state index in [2.05, 4.69) is 47.9 Å². The number of aromatic hydroxyl groups is 1. The number of likely N-dealkylation sites (tertiary alicyclic amines) is 2. The number of piperazine rings is 1. The first-order valence-corrected chi connectivity index (χ1v) is 28.1. The number of aliphatic hydroxyl groups is 1. The molecule has 2 saturated carbocycles. The highest BCUT2D eigenvalue weighted by molar-refractivity contribution is 6.32. The van der Waals surface area contributed by atoms with Crippen LogP contribution in [0.25, 0.3) is 22.4 Å². The molecule has 3 aromatic carbocycles. The minimum Gasteiger partial charge on any atom is -0.507 e. The van der Waals surface area contributed by atoms with Crippen LogP contribution in [0.4, 0.5) is 21.8 Å². The fourth-order valence-corrected chi connectivity index (χ4v) is 14.5. The van der Waals surface area contributed by atoms with Gasteiger partial charge in [0.15, 0.2) is 11.6 Å². The normalized spacial score (nSPS) is 28.4. The Hall–Kier alpha value is -6.73. The number of hydroxylamine groups is 1. The van der Waals surface area contributed by atoms with Crippen molar-refractivity contribution in [1.82, 2.24) is 40.6 Å². The maximum Gasteiger partial charge on any atom is 0.234 e. The van der Waals surface area contributed by atoms with Crippen molar-refractivity contribution in [3.05, 3.63) is 125 Å². The SMILES string of the molecule is CC(C)[C@@H](C(=O)N1C[C@H](O)C[C@H]1C1=N[C@](C)(c2ccc(-c3ccccc3F)cc2)ON1)c1onc(C2CC3(C2)CC(N2CCC(c4cnc(N5C6CCC5CN(c5cc(-c7ccccc7O)nnc5N)C6)nc4)CC2)C3)c1Cl. The maximum absolute atomic E-state index is 14.7. The summed E-state index contributed by atoms with van der Waals surface area (Å²) in [5, 5.41) is 35.0. The Balaban J connectivity index is 0.596. The number of amidine groups is 1. The quantitative estimate of drug-likeness (QED) is 0.0902. The smallest absolute Gasteiger partial charge is 0.234 e. The third-order valence-electron chi connectivity index (χ3n) is 18.4. The molecule has 2 aliphatic carbocycles. The predicted molar refractivity (Wildman–Crippen MR) is 294 cm³/mol. The first kappa shape index (κ1) is 50.8. The van der Waals surface area contributed by atoms with Crippen LogP contribution < -0.4 is 21.0 Å². The van der Waals surface area contributed by atoms with E-state index in [-0.39, 0.29) is 59.8 Å². The zero-order valence-electron chi connectivity index (χ0n) is 44.2. The molecule has 19 heteroatoms. The van der Waals surface area contributed by atoms with Crippen LogP contribution in [-0.2, 0) is 15.4 Å². The van der Waals surface area contributed by atoms with Crippen molar-refractivity contribution >= 4 is 40.8 Å². The number of hydrogen-bond donors (Lipinski definition) is 4. The first-order chi connectivity index (χ1) is 37.7.